The second kappa shape index (κ2) is 3.19. The molecule has 1 nitrogen and oxygen atoms in total. The quantitative estimate of drug-likeness (QED) is 0.519. The van der Waals surface area contributed by atoms with Gasteiger partial charge in [-0.3, -0.25) is 0 Å². The molecule has 1 fully saturated rings. The minimum atomic E-state index is -0.527. The summed E-state index contributed by atoms with van der Waals surface area (Å²) in [6.45, 7) is 5.87. The molecule has 10 heavy (non-hydrogen) atoms. The highest BCUT2D eigenvalue weighted by molar-refractivity contribution is 6.67. The predicted octanol–water partition coefficient (Wildman–Crippen LogP) is 0.274. The third kappa shape index (κ3) is 1.71. The van der Waals surface area contributed by atoms with Crippen molar-refractivity contribution in [3.05, 3.63) is 0 Å². The largest absolute Gasteiger partial charge is 0.383 e. The second-order valence-electron chi connectivity index (χ2n) is 3.77. The molecule has 0 aliphatic carbocycles. The molecule has 1 unspecified atom stereocenters. The van der Waals surface area contributed by atoms with Crippen molar-refractivity contribution in [3.8, 4) is 0 Å². The van der Waals surface area contributed by atoms with Crippen LogP contribution in [-0.4, -0.2) is 30.5 Å². The van der Waals surface area contributed by atoms with Gasteiger partial charge in [0.2, 0.25) is 0 Å². The fourth-order valence-corrected chi connectivity index (χ4v) is 3.20. The molecule has 1 atom stereocenters. The molecule has 1 rings (SSSR count). The van der Waals surface area contributed by atoms with Gasteiger partial charge in [-0.15, -0.1) is 0 Å². The molecule has 3 heteroatoms. The predicted molar refractivity (Wildman–Crippen MR) is 51.4 cm³/mol. The van der Waals surface area contributed by atoms with Crippen LogP contribution in [0.15, 0.2) is 0 Å². The van der Waals surface area contributed by atoms with Crippen LogP contribution in [0.1, 0.15) is 19.3 Å². The van der Waals surface area contributed by atoms with E-state index >= 15 is 0 Å². The summed E-state index contributed by atoms with van der Waals surface area (Å²) in [4.78, 5) is 0.457. The zero-order valence-corrected chi connectivity index (χ0v) is 10.5. The summed E-state index contributed by atoms with van der Waals surface area (Å²) in [5.74, 6) is 0. The number of hydrogen-bond acceptors (Lipinski definition) is 1. The molecule has 0 N–H and O–H groups in total. The molecule has 0 bridgehead atoms. The van der Waals surface area contributed by atoms with Crippen molar-refractivity contribution in [3.63, 3.8) is 0 Å². The molecule has 0 aromatic carbocycles. The Balaban J connectivity index is 2.48. The first-order valence-corrected chi connectivity index (χ1v) is 8.18. The van der Waals surface area contributed by atoms with Crippen molar-refractivity contribution >= 4 is 19.0 Å². The maximum atomic E-state index is 5.85. The Kier molecular flexibility index (Phi) is 2.71. The van der Waals surface area contributed by atoms with Crippen LogP contribution in [-0.2, 0) is 4.74 Å². The van der Waals surface area contributed by atoms with Crippen molar-refractivity contribution in [1.29, 1.82) is 0 Å². The Labute approximate surface area is 68.2 Å². The molecule has 0 aromatic heterocycles. The van der Waals surface area contributed by atoms with E-state index < -0.39 is 8.80 Å². The van der Waals surface area contributed by atoms with Gasteiger partial charge in [0, 0.05) is 21.7 Å². The van der Waals surface area contributed by atoms with E-state index in [0.29, 0.717) is 4.85 Å². The molecule has 1 saturated heterocycles. The summed E-state index contributed by atoms with van der Waals surface area (Å²) in [5, 5.41) is 0. The summed E-state index contributed by atoms with van der Waals surface area (Å²) in [5.41, 5.74) is 0. The first-order valence-electron chi connectivity index (χ1n) is 4.29. The van der Waals surface area contributed by atoms with Gasteiger partial charge in [0.05, 0.1) is 8.80 Å². The van der Waals surface area contributed by atoms with Crippen molar-refractivity contribution in [2.45, 2.75) is 37.2 Å². The van der Waals surface area contributed by atoms with E-state index in [2.05, 4.69) is 13.1 Å². The van der Waals surface area contributed by atoms with Crippen LogP contribution in [0.5, 0.6) is 0 Å². The van der Waals surface area contributed by atoms with Crippen LogP contribution in [0.4, 0.5) is 0 Å². The summed E-state index contributed by atoms with van der Waals surface area (Å²) < 4.78 is 5.85. The minimum Gasteiger partial charge on any atom is -0.383 e. The van der Waals surface area contributed by atoms with Crippen molar-refractivity contribution in [2.24, 2.45) is 0 Å². The Hall–Kier alpha value is 0.394. The van der Waals surface area contributed by atoms with Crippen LogP contribution in [0, 0.1) is 0 Å². The van der Waals surface area contributed by atoms with Crippen LogP contribution in [0.25, 0.3) is 0 Å². The van der Waals surface area contributed by atoms with Gasteiger partial charge in [0.1, 0.15) is 0 Å². The van der Waals surface area contributed by atoms with Crippen molar-refractivity contribution in [1.82, 2.24) is 0 Å². The number of rotatable bonds is 1. The Bertz CT molecular complexity index is 108. The van der Waals surface area contributed by atoms with E-state index in [-0.39, 0.29) is 0 Å². The fourth-order valence-electron chi connectivity index (χ4n) is 1.41. The molecule has 1 heterocycles. The Morgan fingerprint density at radius 3 is 2.40 bits per heavy atom. The summed E-state index contributed by atoms with van der Waals surface area (Å²) >= 11 is 0. The summed E-state index contributed by atoms with van der Waals surface area (Å²) in [7, 11) is 0.727. The first kappa shape index (κ1) is 8.49. The molecule has 0 radical (unpaired) electrons. The third-order valence-corrected chi connectivity index (χ3v) is 9.87. The van der Waals surface area contributed by atoms with Crippen LogP contribution in [0.2, 0.25) is 13.1 Å². The zero-order valence-electron chi connectivity index (χ0n) is 7.31. The Morgan fingerprint density at radius 1 is 1.40 bits per heavy atom. The molecule has 0 saturated carbocycles. The Morgan fingerprint density at radius 2 is 2.10 bits per heavy atom. The van der Waals surface area contributed by atoms with Gasteiger partial charge in [-0.25, -0.2) is 0 Å². The molecule has 1 aliphatic heterocycles. The number of ether oxygens (including phenoxy) is 1. The standard InChI is InChI=1S/C7H18OSi2/c1-10(2)7(9)5-3-4-6-8-7/h10H,3-6H2,1-2,9H3. The highest BCUT2D eigenvalue weighted by Crippen LogP contribution is 2.23. The monoisotopic (exact) mass is 174 g/mol. The first-order chi connectivity index (χ1) is 4.65. The highest BCUT2D eigenvalue weighted by atomic mass is 28.3. The zero-order chi connectivity index (χ0) is 7.61. The molecule has 0 aromatic rings. The lowest BCUT2D eigenvalue weighted by Gasteiger charge is -2.37. The van der Waals surface area contributed by atoms with Gasteiger partial charge >= 0.3 is 0 Å². The lowest BCUT2D eigenvalue weighted by atomic mass is 10.2. The molecule has 1 aliphatic rings. The van der Waals surface area contributed by atoms with Gasteiger partial charge in [0.25, 0.3) is 0 Å². The second-order valence-corrected chi connectivity index (χ2v) is 10.2. The van der Waals surface area contributed by atoms with Crippen LogP contribution >= 0.6 is 0 Å². The van der Waals surface area contributed by atoms with Gasteiger partial charge in [-0.2, -0.15) is 0 Å². The maximum Gasteiger partial charge on any atom is 0.0641 e. The average Bonchev–Trinajstić information content (AvgIpc) is 1.89. The molecule has 0 amide bonds. The minimum absolute atomic E-state index is 0.457. The molecular formula is C7H18OSi2. The van der Waals surface area contributed by atoms with E-state index in [0.717, 1.165) is 6.61 Å². The van der Waals surface area contributed by atoms with E-state index in [1.54, 1.807) is 0 Å². The van der Waals surface area contributed by atoms with Gasteiger partial charge in [-0.1, -0.05) is 13.1 Å². The van der Waals surface area contributed by atoms with E-state index in [1.807, 2.05) is 0 Å². The van der Waals surface area contributed by atoms with E-state index in [4.69, 9.17) is 4.74 Å². The smallest absolute Gasteiger partial charge is 0.0641 e. The lowest BCUT2D eigenvalue weighted by molar-refractivity contribution is 0.0336. The average molecular weight is 174 g/mol. The molecule has 60 valence electrons. The van der Waals surface area contributed by atoms with Crippen molar-refractivity contribution < 1.29 is 4.74 Å². The van der Waals surface area contributed by atoms with Gasteiger partial charge in [0.15, 0.2) is 0 Å². The normalized spacial score (nSPS) is 35.1. The van der Waals surface area contributed by atoms with Gasteiger partial charge < -0.3 is 4.74 Å². The van der Waals surface area contributed by atoms with Gasteiger partial charge in [-0.05, 0) is 19.3 Å². The molecular weight excluding hydrogens is 156 g/mol. The SMILES string of the molecule is C[SiH](C)C1([SiH3])CCCCO1. The van der Waals surface area contributed by atoms with Crippen molar-refractivity contribution in [2.75, 3.05) is 6.61 Å². The van der Waals surface area contributed by atoms with Crippen LogP contribution in [0.3, 0.4) is 0 Å². The lowest BCUT2D eigenvalue weighted by Crippen LogP contribution is -2.47. The van der Waals surface area contributed by atoms with Crippen LogP contribution < -0.4 is 0 Å². The maximum absolute atomic E-state index is 5.85. The van der Waals surface area contributed by atoms with E-state index in [1.165, 1.54) is 29.5 Å². The molecule has 0 spiro atoms. The fraction of sp³-hybridized carbons (Fsp3) is 1.00. The summed E-state index contributed by atoms with van der Waals surface area (Å²) in [6, 6.07) is 0. The third-order valence-electron chi connectivity index (χ3n) is 2.72. The topological polar surface area (TPSA) is 9.23 Å². The highest BCUT2D eigenvalue weighted by Gasteiger charge is 2.31. The number of hydrogen-bond donors (Lipinski definition) is 0. The summed E-state index contributed by atoms with van der Waals surface area (Å²) in [6.07, 6.45) is 4.07. The van der Waals surface area contributed by atoms with E-state index in [9.17, 15) is 0 Å².